The summed E-state index contributed by atoms with van der Waals surface area (Å²) in [6.45, 7) is 1.14. The van der Waals surface area contributed by atoms with E-state index in [0.29, 0.717) is 24.7 Å². The lowest BCUT2D eigenvalue weighted by Crippen LogP contribution is -2.24. The maximum atomic E-state index is 12.3. The number of nitrogens with one attached hydrogen (secondary N) is 3. The van der Waals surface area contributed by atoms with Crippen LogP contribution in [0.15, 0.2) is 73.1 Å². The summed E-state index contributed by atoms with van der Waals surface area (Å²) in [6.07, 6.45) is 4.46. The molecule has 0 aliphatic heterocycles. The summed E-state index contributed by atoms with van der Waals surface area (Å²) in [5.41, 5.74) is 3.76. The lowest BCUT2D eigenvalue weighted by molar-refractivity contribution is 0.0946. The highest BCUT2D eigenvalue weighted by Gasteiger charge is 2.09. The van der Waals surface area contributed by atoms with E-state index in [9.17, 15) is 4.79 Å². The Bertz CT molecular complexity index is 1070. The quantitative estimate of drug-likeness (QED) is 0.464. The zero-order valence-corrected chi connectivity index (χ0v) is 15.4. The van der Waals surface area contributed by atoms with Gasteiger partial charge in [-0.2, -0.15) is 0 Å². The van der Waals surface area contributed by atoms with Crippen LogP contribution in [0.4, 0.5) is 5.95 Å². The number of nitrogens with zero attached hydrogens (tertiary/aromatic N) is 2. The molecule has 2 heterocycles. The highest BCUT2D eigenvalue weighted by molar-refractivity contribution is 5.92. The highest BCUT2D eigenvalue weighted by atomic mass is 16.1. The van der Waals surface area contributed by atoms with Gasteiger partial charge in [0, 0.05) is 36.4 Å². The number of amides is 1. The normalized spacial score (nSPS) is 10.7. The van der Waals surface area contributed by atoms with Gasteiger partial charge in [-0.05, 0) is 29.7 Å². The van der Waals surface area contributed by atoms with Crippen molar-refractivity contribution in [1.82, 2.24) is 20.3 Å². The van der Waals surface area contributed by atoms with Crippen molar-refractivity contribution in [3.05, 3.63) is 89.9 Å². The van der Waals surface area contributed by atoms with Gasteiger partial charge in [0.25, 0.3) is 5.91 Å². The molecule has 6 nitrogen and oxygen atoms in total. The van der Waals surface area contributed by atoms with Crippen molar-refractivity contribution in [3.8, 4) is 0 Å². The first-order valence-corrected chi connectivity index (χ1v) is 9.23. The van der Waals surface area contributed by atoms with Crippen LogP contribution in [0.3, 0.4) is 0 Å². The molecule has 2 aromatic carbocycles. The summed E-state index contributed by atoms with van der Waals surface area (Å²) >= 11 is 0. The largest absolute Gasteiger partial charge is 0.361 e. The molecule has 0 saturated heterocycles. The van der Waals surface area contributed by atoms with Crippen LogP contribution in [-0.2, 0) is 13.0 Å². The molecule has 0 spiro atoms. The average Bonchev–Trinajstić information content (AvgIpc) is 3.16. The second-order valence-electron chi connectivity index (χ2n) is 6.47. The van der Waals surface area contributed by atoms with Gasteiger partial charge in [-0.25, -0.2) is 9.97 Å². The molecule has 4 rings (SSSR count). The minimum atomic E-state index is -0.217. The number of carbonyl (C=O) groups excluding carboxylic acids is 1. The van der Waals surface area contributed by atoms with Gasteiger partial charge in [0.15, 0.2) is 0 Å². The third-order valence-electron chi connectivity index (χ3n) is 4.54. The van der Waals surface area contributed by atoms with E-state index >= 15 is 0 Å². The fourth-order valence-electron chi connectivity index (χ4n) is 3.09. The van der Waals surface area contributed by atoms with Gasteiger partial charge in [-0.15, -0.1) is 0 Å². The van der Waals surface area contributed by atoms with Gasteiger partial charge in [-0.3, -0.25) is 4.79 Å². The van der Waals surface area contributed by atoms with Gasteiger partial charge in [0.2, 0.25) is 5.95 Å². The first-order chi connectivity index (χ1) is 13.8. The Morgan fingerprint density at radius 2 is 1.82 bits per heavy atom. The van der Waals surface area contributed by atoms with Crippen LogP contribution in [0.5, 0.6) is 0 Å². The van der Waals surface area contributed by atoms with Gasteiger partial charge in [0.05, 0.1) is 0 Å². The topological polar surface area (TPSA) is 82.7 Å². The Kier molecular flexibility index (Phi) is 5.29. The second kappa shape index (κ2) is 8.35. The Morgan fingerprint density at radius 1 is 1.00 bits per heavy atom. The average molecular weight is 371 g/mol. The number of fused-ring (bicyclic) bond motifs is 1. The van der Waals surface area contributed by atoms with E-state index < -0.39 is 0 Å². The van der Waals surface area contributed by atoms with E-state index in [4.69, 9.17) is 0 Å². The fraction of sp³-hybridized carbons (Fsp3) is 0.136. The Balaban J connectivity index is 1.33. The van der Waals surface area contributed by atoms with Crippen LogP contribution in [0.1, 0.15) is 21.6 Å². The van der Waals surface area contributed by atoms with E-state index in [-0.39, 0.29) is 5.91 Å². The summed E-state index contributed by atoms with van der Waals surface area (Å²) in [5.74, 6) is 0.234. The SMILES string of the molecule is O=C(NCc1ccccc1)c1ccnc(NCCc2c[nH]c3ccccc23)n1. The first kappa shape index (κ1) is 17.7. The molecule has 28 heavy (non-hydrogen) atoms. The smallest absolute Gasteiger partial charge is 0.270 e. The molecule has 0 bridgehead atoms. The zero-order chi connectivity index (χ0) is 19.2. The lowest BCUT2D eigenvalue weighted by Gasteiger charge is -2.07. The summed E-state index contributed by atoms with van der Waals surface area (Å²) in [4.78, 5) is 24.2. The van der Waals surface area contributed by atoms with Crippen molar-refractivity contribution in [3.63, 3.8) is 0 Å². The van der Waals surface area contributed by atoms with E-state index in [2.05, 4.69) is 37.7 Å². The molecule has 140 valence electrons. The number of anilines is 1. The summed E-state index contributed by atoms with van der Waals surface area (Å²) in [6, 6.07) is 19.6. The molecule has 0 atom stereocenters. The number of para-hydroxylation sites is 1. The Morgan fingerprint density at radius 3 is 2.71 bits per heavy atom. The number of hydrogen-bond acceptors (Lipinski definition) is 4. The number of aromatic amines is 1. The van der Waals surface area contributed by atoms with Crippen LogP contribution < -0.4 is 10.6 Å². The standard InChI is InChI=1S/C22H21N5O/c28-21(26-14-16-6-2-1-3-7-16)20-11-13-24-22(27-20)23-12-10-17-15-25-19-9-5-4-8-18(17)19/h1-9,11,13,15,25H,10,12,14H2,(H,26,28)(H,23,24,27). The molecule has 0 radical (unpaired) electrons. The van der Waals surface area contributed by atoms with Crippen LogP contribution in [-0.4, -0.2) is 27.4 Å². The molecule has 0 fully saturated rings. The predicted molar refractivity (Wildman–Crippen MR) is 110 cm³/mol. The number of carbonyl (C=O) groups is 1. The number of hydrogen-bond donors (Lipinski definition) is 3. The van der Waals surface area contributed by atoms with Gasteiger partial charge in [0.1, 0.15) is 5.69 Å². The van der Waals surface area contributed by atoms with Crippen molar-refractivity contribution in [2.24, 2.45) is 0 Å². The summed E-state index contributed by atoms with van der Waals surface area (Å²) < 4.78 is 0. The van der Waals surface area contributed by atoms with E-state index in [1.165, 1.54) is 10.9 Å². The zero-order valence-electron chi connectivity index (χ0n) is 15.4. The number of aromatic nitrogens is 3. The molecule has 3 N–H and O–H groups in total. The summed E-state index contributed by atoms with van der Waals surface area (Å²) in [5, 5.41) is 7.30. The minimum Gasteiger partial charge on any atom is -0.361 e. The fourth-order valence-corrected chi connectivity index (χ4v) is 3.09. The van der Waals surface area contributed by atoms with E-state index in [0.717, 1.165) is 17.5 Å². The summed E-state index contributed by atoms with van der Waals surface area (Å²) in [7, 11) is 0. The Labute approximate surface area is 163 Å². The molecular formula is C22H21N5O. The van der Waals surface area contributed by atoms with Crippen molar-refractivity contribution >= 4 is 22.8 Å². The predicted octanol–water partition coefficient (Wildman–Crippen LogP) is 3.54. The van der Waals surface area contributed by atoms with E-state index in [1.54, 1.807) is 12.3 Å². The molecule has 0 unspecified atom stereocenters. The van der Waals surface area contributed by atoms with Crippen molar-refractivity contribution in [1.29, 1.82) is 0 Å². The number of benzene rings is 2. The number of rotatable bonds is 7. The first-order valence-electron chi connectivity index (χ1n) is 9.23. The van der Waals surface area contributed by atoms with Crippen LogP contribution in [0.2, 0.25) is 0 Å². The van der Waals surface area contributed by atoms with Crippen molar-refractivity contribution < 1.29 is 4.79 Å². The lowest BCUT2D eigenvalue weighted by atomic mass is 10.1. The monoisotopic (exact) mass is 371 g/mol. The van der Waals surface area contributed by atoms with Crippen molar-refractivity contribution in [2.45, 2.75) is 13.0 Å². The minimum absolute atomic E-state index is 0.217. The molecule has 0 saturated carbocycles. The maximum Gasteiger partial charge on any atom is 0.270 e. The van der Waals surface area contributed by atoms with Crippen molar-refractivity contribution in [2.75, 3.05) is 11.9 Å². The van der Waals surface area contributed by atoms with E-state index in [1.807, 2.05) is 48.7 Å². The molecule has 0 aliphatic carbocycles. The molecule has 2 aromatic heterocycles. The Hall–Kier alpha value is -3.67. The van der Waals surface area contributed by atoms with Crippen LogP contribution in [0.25, 0.3) is 10.9 Å². The van der Waals surface area contributed by atoms with Crippen LogP contribution in [0, 0.1) is 0 Å². The maximum absolute atomic E-state index is 12.3. The molecule has 4 aromatic rings. The molecule has 0 aliphatic rings. The molecule has 1 amide bonds. The molecular weight excluding hydrogens is 350 g/mol. The second-order valence-corrected chi connectivity index (χ2v) is 6.47. The molecule has 6 heteroatoms. The van der Waals surface area contributed by atoms with Gasteiger partial charge >= 0.3 is 0 Å². The third kappa shape index (κ3) is 4.17. The number of H-pyrrole nitrogens is 1. The van der Waals surface area contributed by atoms with Gasteiger partial charge in [-0.1, -0.05) is 48.5 Å². The highest BCUT2D eigenvalue weighted by Crippen LogP contribution is 2.18. The van der Waals surface area contributed by atoms with Crippen LogP contribution >= 0.6 is 0 Å². The third-order valence-corrected chi connectivity index (χ3v) is 4.54. The van der Waals surface area contributed by atoms with Gasteiger partial charge < -0.3 is 15.6 Å².